The minimum absolute atomic E-state index is 0.337. The molecule has 75 valence electrons. The molecule has 0 atom stereocenters. The molecule has 0 heterocycles. The maximum atomic E-state index is 13.4. The van der Waals surface area contributed by atoms with Crippen LogP contribution in [0.3, 0.4) is 0 Å². The largest absolute Gasteiger partial charge is 0.206 e. The number of halogens is 3. The summed E-state index contributed by atoms with van der Waals surface area (Å²) in [5.41, 5.74) is 1.02. The third-order valence-corrected chi connectivity index (χ3v) is 2.72. The second-order valence-corrected chi connectivity index (χ2v) is 3.87. The highest BCUT2D eigenvalue weighted by Gasteiger charge is 2.08. The third kappa shape index (κ3) is 2.07. The molecule has 0 nitrogen and oxygen atoms in total. The normalized spacial score (nSPS) is 10.3. The quantitative estimate of drug-likeness (QED) is 0.727. The summed E-state index contributed by atoms with van der Waals surface area (Å²) >= 11 is 3.31. The molecule has 0 aliphatic rings. The SMILES string of the molecule is Fc1[c]c(F)c(-c2ccccc2Br)cc1. The Morgan fingerprint density at radius 2 is 1.67 bits per heavy atom. The molecule has 0 saturated heterocycles. The van der Waals surface area contributed by atoms with Crippen molar-refractivity contribution in [2.45, 2.75) is 0 Å². The van der Waals surface area contributed by atoms with Gasteiger partial charge in [0.1, 0.15) is 11.6 Å². The van der Waals surface area contributed by atoms with Gasteiger partial charge in [0.25, 0.3) is 0 Å². The fraction of sp³-hybridized carbons (Fsp3) is 0. The van der Waals surface area contributed by atoms with Crippen LogP contribution in [-0.4, -0.2) is 0 Å². The average Bonchev–Trinajstić information content (AvgIpc) is 2.20. The van der Waals surface area contributed by atoms with E-state index in [9.17, 15) is 8.78 Å². The molecule has 2 aromatic rings. The zero-order valence-corrected chi connectivity index (χ0v) is 9.18. The Morgan fingerprint density at radius 1 is 0.933 bits per heavy atom. The van der Waals surface area contributed by atoms with Gasteiger partial charge < -0.3 is 0 Å². The van der Waals surface area contributed by atoms with Gasteiger partial charge in [-0.2, -0.15) is 0 Å². The van der Waals surface area contributed by atoms with Crippen LogP contribution < -0.4 is 0 Å². The first kappa shape index (κ1) is 10.3. The van der Waals surface area contributed by atoms with Gasteiger partial charge in [0.15, 0.2) is 0 Å². The van der Waals surface area contributed by atoms with E-state index in [2.05, 4.69) is 15.9 Å². The van der Waals surface area contributed by atoms with Crippen molar-refractivity contribution in [2.75, 3.05) is 0 Å². The van der Waals surface area contributed by atoms with E-state index >= 15 is 0 Å². The first-order chi connectivity index (χ1) is 7.18. The Labute approximate surface area is 94.7 Å². The fourth-order valence-corrected chi connectivity index (χ4v) is 1.83. The van der Waals surface area contributed by atoms with Gasteiger partial charge in [-0.25, -0.2) is 8.78 Å². The highest BCUT2D eigenvalue weighted by atomic mass is 79.9. The summed E-state index contributed by atoms with van der Waals surface area (Å²) in [7, 11) is 0. The molecule has 0 aliphatic heterocycles. The second kappa shape index (κ2) is 4.11. The predicted molar refractivity (Wildman–Crippen MR) is 58.3 cm³/mol. The fourth-order valence-electron chi connectivity index (χ4n) is 1.33. The Morgan fingerprint density at radius 3 is 2.33 bits per heavy atom. The molecule has 2 aromatic carbocycles. The van der Waals surface area contributed by atoms with Crippen LogP contribution in [0, 0.1) is 17.7 Å². The molecule has 0 unspecified atom stereocenters. The molecule has 2 rings (SSSR count). The lowest BCUT2D eigenvalue weighted by Gasteiger charge is -2.05. The third-order valence-electron chi connectivity index (χ3n) is 2.03. The van der Waals surface area contributed by atoms with E-state index in [-0.39, 0.29) is 0 Å². The molecule has 0 aromatic heterocycles. The van der Waals surface area contributed by atoms with E-state index in [4.69, 9.17) is 0 Å². The Kier molecular flexibility index (Phi) is 2.82. The molecular weight excluding hydrogens is 262 g/mol. The van der Waals surface area contributed by atoms with E-state index in [1.165, 1.54) is 12.1 Å². The lowest BCUT2D eigenvalue weighted by atomic mass is 10.1. The van der Waals surface area contributed by atoms with E-state index in [1.54, 1.807) is 18.2 Å². The highest BCUT2D eigenvalue weighted by Crippen LogP contribution is 2.29. The van der Waals surface area contributed by atoms with Crippen LogP contribution in [0.5, 0.6) is 0 Å². The van der Waals surface area contributed by atoms with Crippen LogP contribution in [-0.2, 0) is 0 Å². The number of benzene rings is 2. The number of rotatable bonds is 1. The van der Waals surface area contributed by atoms with Crippen LogP contribution in [0.25, 0.3) is 11.1 Å². The minimum Gasteiger partial charge on any atom is -0.206 e. The summed E-state index contributed by atoms with van der Waals surface area (Å²) in [6.45, 7) is 0. The minimum atomic E-state index is -0.691. The summed E-state index contributed by atoms with van der Waals surface area (Å²) in [5, 5.41) is 0. The van der Waals surface area contributed by atoms with E-state index < -0.39 is 11.6 Å². The summed E-state index contributed by atoms with van der Waals surface area (Å²) in [5.74, 6) is -1.37. The first-order valence-electron chi connectivity index (χ1n) is 4.30. The molecule has 0 amide bonds. The standard InChI is InChI=1S/C12H6BrF2/c13-11-4-2-1-3-9(11)10-6-5-8(14)7-12(10)15/h1-6H. The van der Waals surface area contributed by atoms with Crippen molar-refractivity contribution >= 4 is 15.9 Å². The average molecular weight is 268 g/mol. The maximum absolute atomic E-state index is 13.4. The van der Waals surface area contributed by atoms with Gasteiger partial charge in [0.05, 0.1) is 6.07 Å². The van der Waals surface area contributed by atoms with Crippen molar-refractivity contribution < 1.29 is 8.78 Å². The molecule has 0 spiro atoms. The van der Waals surface area contributed by atoms with E-state index in [0.29, 0.717) is 11.1 Å². The second-order valence-electron chi connectivity index (χ2n) is 3.01. The summed E-state index contributed by atoms with van der Waals surface area (Å²) in [6, 6.07) is 11.8. The van der Waals surface area contributed by atoms with Crippen molar-refractivity contribution in [1.82, 2.24) is 0 Å². The van der Waals surface area contributed by atoms with Gasteiger partial charge in [-0.15, -0.1) is 0 Å². The lowest BCUT2D eigenvalue weighted by molar-refractivity contribution is 0.581. The van der Waals surface area contributed by atoms with Crippen molar-refractivity contribution in [2.24, 2.45) is 0 Å². The zero-order valence-electron chi connectivity index (χ0n) is 7.60. The molecule has 0 bridgehead atoms. The molecule has 1 radical (unpaired) electrons. The van der Waals surface area contributed by atoms with Gasteiger partial charge in [0.2, 0.25) is 0 Å². The monoisotopic (exact) mass is 267 g/mol. The predicted octanol–water partition coefficient (Wildman–Crippen LogP) is 4.19. The molecule has 0 aliphatic carbocycles. The van der Waals surface area contributed by atoms with Gasteiger partial charge in [0, 0.05) is 10.0 Å². The topological polar surface area (TPSA) is 0 Å². The van der Waals surface area contributed by atoms with Crippen LogP contribution >= 0.6 is 15.9 Å². The highest BCUT2D eigenvalue weighted by molar-refractivity contribution is 9.10. The summed E-state index contributed by atoms with van der Waals surface area (Å²) in [4.78, 5) is 0. The van der Waals surface area contributed by atoms with Crippen molar-refractivity contribution in [3.05, 3.63) is 58.6 Å². The molecular formula is C12H6BrF2. The summed E-state index contributed by atoms with van der Waals surface area (Å²) in [6.07, 6.45) is 0. The van der Waals surface area contributed by atoms with Gasteiger partial charge in [-0.1, -0.05) is 34.1 Å². The molecule has 0 N–H and O–H groups in total. The Bertz CT molecular complexity index is 495. The molecule has 15 heavy (non-hydrogen) atoms. The molecule has 0 fully saturated rings. The van der Waals surface area contributed by atoms with Crippen LogP contribution in [0.1, 0.15) is 0 Å². The van der Waals surface area contributed by atoms with Gasteiger partial charge >= 0.3 is 0 Å². The molecule has 3 heteroatoms. The molecule has 0 saturated carbocycles. The van der Waals surface area contributed by atoms with E-state index in [0.717, 1.165) is 4.47 Å². The van der Waals surface area contributed by atoms with Crippen molar-refractivity contribution in [3.8, 4) is 11.1 Å². The van der Waals surface area contributed by atoms with Crippen LogP contribution in [0.15, 0.2) is 40.9 Å². The van der Waals surface area contributed by atoms with Crippen LogP contribution in [0.4, 0.5) is 8.78 Å². The smallest absolute Gasteiger partial charge is 0.142 e. The van der Waals surface area contributed by atoms with Crippen molar-refractivity contribution in [3.63, 3.8) is 0 Å². The van der Waals surface area contributed by atoms with Crippen molar-refractivity contribution in [1.29, 1.82) is 0 Å². The first-order valence-corrected chi connectivity index (χ1v) is 5.10. The zero-order chi connectivity index (χ0) is 10.8. The van der Waals surface area contributed by atoms with E-state index in [1.807, 2.05) is 12.1 Å². The number of hydrogen-bond donors (Lipinski definition) is 0. The lowest BCUT2D eigenvalue weighted by Crippen LogP contribution is -1.87. The van der Waals surface area contributed by atoms with Gasteiger partial charge in [-0.05, 0) is 23.8 Å². The van der Waals surface area contributed by atoms with Crippen LogP contribution in [0.2, 0.25) is 0 Å². The number of hydrogen-bond acceptors (Lipinski definition) is 0. The maximum Gasteiger partial charge on any atom is 0.142 e. The Balaban J connectivity index is 2.60. The van der Waals surface area contributed by atoms with Gasteiger partial charge in [-0.3, -0.25) is 0 Å². The summed E-state index contributed by atoms with van der Waals surface area (Å²) < 4.78 is 26.8. The Hall–Kier alpha value is -1.22.